The monoisotopic (exact) mass is 220 g/mol. The van der Waals surface area contributed by atoms with Crippen LogP contribution in [-0.2, 0) is 6.42 Å². The van der Waals surface area contributed by atoms with Crippen LogP contribution in [0.25, 0.3) is 0 Å². The molecule has 1 aromatic rings. The van der Waals surface area contributed by atoms with Gasteiger partial charge in [0.1, 0.15) is 0 Å². The molecule has 2 rings (SSSR count). The van der Waals surface area contributed by atoms with Crippen LogP contribution in [0.2, 0.25) is 0 Å². The summed E-state index contributed by atoms with van der Waals surface area (Å²) < 4.78 is 0. The third-order valence-corrected chi connectivity index (χ3v) is 3.07. The van der Waals surface area contributed by atoms with Gasteiger partial charge in [-0.3, -0.25) is 0 Å². The van der Waals surface area contributed by atoms with Crippen LogP contribution in [0.4, 0.5) is 5.95 Å². The Balaban J connectivity index is 2.16. The van der Waals surface area contributed by atoms with Gasteiger partial charge in [-0.15, -0.1) is 0 Å². The lowest BCUT2D eigenvalue weighted by atomic mass is 10.2. The predicted molar refractivity (Wildman–Crippen MR) is 65.8 cm³/mol. The number of nitrogens with one attached hydrogen (secondary N) is 1. The van der Waals surface area contributed by atoms with Crippen LogP contribution in [0.15, 0.2) is 6.20 Å². The predicted octanol–water partition coefficient (Wildman–Crippen LogP) is 1.15. The van der Waals surface area contributed by atoms with Crippen molar-refractivity contribution >= 4 is 5.95 Å². The molecule has 1 aliphatic heterocycles. The zero-order valence-corrected chi connectivity index (χ0v) is 10.2. The molecule has 0 bridgehead atoms. The molecule has 1 aliphatic rings. The van der Waals surface area contributed by atoms with Crippen molar-refractivity contribution in [3.63, 3.8) is 0 Å². The lowest BCUT2D eigenvalue weighted by molar-refractivity contribution is 0.724. The second-order valence-corrected chi connectivity index (χ2v) is 4.22. The minimum Gasteiger partial charge on any atom is -0.339 e. The number of aryl methyl sites for hydroxylation is 2. The molecular formula is C12H20N4. The van der Waals surface area contributed by atoms with Crippen LogP contribution in [0.1, 0.15) is 24.6 Å². The zero-order chi connectivity index (χ0) is 11.4. The van der Waals surface area contributed by atoms with Gasteiger partial charge in [0.2, 0.25) is 5.95 Å². The summed E-state index contributed by atoms with van der Waals surface area (Å²) in [5.74, 6) is 0.887. The van der Waals surface area contributed by atoms with Gasteiger partial charge in [-0.25, -0.2) is 9.97 Å². The van der Waals surface area contributed by atoms with Crippen molar-refractivity contribution in [3.8, 4) is 0 Å². The summed E-state index contributed by atoms with van der Waals surface area (Å²) in [5.41, 5.74) is 2.36. The largest absolute Gasteiger partial charge is 0.339 e. The van der Waals surface area contributed by atoms with E-state index in [0.29, 0.717) is 0 Å². The quantitative estimate of drug-likeness (QED) is 0.811. The molecular weight excluding hydrogens is 200 g/mol. The van der Waals surface area contributed by atoms with Gasteiger partial charge in [0.05, 0.1) is 0 Å². The fourth-order valence-electron chi connectivity index (χ4n) is 2.02. The van der Waals surface area contributed by atoms with Crippen LogP contribution >= 0.6 is 0 Å². The SMILES string of the molecule is CCc1cnc(N2CCCNCC2)nc1C. The average molecular weight is 220 g/mol. The van der Waals surface area contributed by atoms with Gasteiger partial charge in [0, 0.05) is 31.5 Å². The molecule has 1 N–H and O–H groups in total. The first-order valence-corrected chi connectivity index (χ1v) is 6.09. The maximum Gasteiger partial charge on any atom is 0.225 e. The number of hydrogen-bond donors (Lipinski definition) is 1. The van der Waals surface area contributed by atoms with Gasteiger partial charge in [-0.1, -0.05) is 6.92 Å². The fourth-order valence-corrected chi connectivity index (χ4v) is 2.02. The first kappa shape index (κ1) is 11.3. The molecule has 4 heteroatoms. The summed E-state index contributed by atoms with van der Waals surface area (Å²) in [5, 5.41) is 3.39. The molecule has 0 aliphatic carbocycles. The Morgan fingerprint density at radius 3 is 3.00 bits per heavy atom. The first-order valence-electron chi connectivity index (χ1n) is 6.09. The summed E-state index contributed by atoms with van der Waals surface area (Å²) in [6, 6.07) is 0. The Labute approximate surface area is 97.1 Å². The Morgan fingerprint density at radius 2 is 2.25 bits per heavy atom. The highest BCUT2D eigenvalue weighted by Gasteiger charge is 2.12. The lowest BCUT2D eigenvalue weighted by Crippen LogP contribution is -2.29. The minimum absolute atomic E-state index is 0.887. The summed E-state index contributed by atoms with van der Waals surface area (Å²) in [4.78, 5) is 11.3. The molecule has 4 nitrogen and oxygen atoms in total. The number of aromatic nitrogens is 2. The van der Waals surface area contributed by atoms with Crippen LogP contribution in [0.3, 0.4) is 0 Å². The number of nitrogens with zero attached hydrogens (tertiary/aromatic N) is 3. The van der Waals surface area contributed by atoms with Crippen molar-refractivity contribution in [2.45, 2.75) is 26.7 Å². The molecule has 1 aromatic heterocycles. The van der Waals surface area contributed by atoms with Gasteiger partial charge >= 0.3 is 0 Å². The summed E-state index contributed by atoms with van der Waals surface area (Å²) in [7, 11) is 0. The molecule has 88 valence electrons. The number of hydrogen-bond acceptors (Lipinski definition) is 4. The van der Waals surface area contributed by atoms with Crippen molar-refractivity contribution in [1.29, 1.82) is 0 Å². The van der Waals surface area contributed by atoms with Crippen LogP contribution in [0.5, 0.6) is 0 Å². The maximum absolute atomic E-state index is 4.60. The highest BCUT2D eigenvalue weighted by molar-refractivity contribution is 5.33. The van der Waals surface area contributed by atoms with E-state index in [4.69, 9.17) is 0 Å². The van der Waals surface area contributed by atoms with Crippen molar-refractivity contribution in [3.05, 3.63) is 17.5 Å². The second kappa shape index (κ2) is 5.25. The van der Waals surface area contributed by atoms with Crippen LogP contribution in [-0.4, -0.2) is 36.1 Å². The van der Waals surface area contributed by atoms with E-state index in [0.717, 1.165) is 50.7 Å². The van der Waals surface area contributed by atoms with Crippen molar-refractivity contribution < 1.29 is 0 Å². The van der Waals surface area contributed by atoms with E-state index < -0.39 is 0 Å². The fraction of sp³-hybridized carbons (Fsp3) is 0.667. The molecule has 0 amide bonds. The zero-order valence-electron chi connectivity index (χ0n) is 10.2. The standard InChI is InChI=1S/C12H20N4/c1-3-11-9-14-12(15-10(11)2)16-7-4-5-13-6-8-16/h9,13H,3-8H2,1-2H3. The molecule has 0 unspecified atom stereocenters. The van der Waals surface area contributed by atoms with E-state index in [9.17, 15) is 0 Å². The van der Waals surface area contributed by atoms with Crippen LogP contribution < -0.4 is 10.2 Å². The number of rotatable bonds is 2. The first-order chi connectivity index (χ1) is 7.81. The Morgan fingerprint density at radius 1 is 1.38 bits per heavy atom. The van der Waals surface area contributed by atoms with Crippen LogP contribution in [0, 0.1) is 6.92 Å². The van der Waals surface area contributed by atoms with Gasteiger partial charge in [0.25, 0.3) is 0 Å². The molecule has 0 spiro atoms. The van der Waals surface area contributed by atoms with Gasteiger partial charge in [0.15, 0.2) is 0 Å². The third-order valence-electron chi connectivity index (χ3n) is 3.07. The van der Waals surface area contributed by atoms with Crippen molar-refractivity contribution in [1.82, 2.24) is 15.3 Å². The maximum atomic E-state index is 4.60. The van der Waals surface area contributed by atoms with E-state index in [2.05, 4.69) is 34.0 Å². The molecule has 0 atom stereocenters. The van der Waals surface area contributed by atoms with E-state index >= 15 is 0 Å². The molecule has 1 saturated heterocycles. The normalized spacial score (nSPS) is 17.2. The molecule has 16 heavy (non-hydrogen) atoms. The van der Waals surface area contributed by atoms with Crippen molar-refractivity contribution in [2.24, 2.45) is 0 Å². The highest BCUT2D eigenvalue weighted by Crippen LogP contribution is 2.12. The summed E-state index contributed by atoms with van der Waals surface area (Å²) in [6.07, 6.45) is 4.14. The van der Waals surface area contributed by atoms with Gasteiger partial charge in [-0.05, 0) is 31.9 Å². The smallest absolute Gasteiger partial charge is 0.225 e. The summed E-state index contributed by atoms with van der Waals surface area (Å²) in [6.45, 7) is 8.39. The van der Waals surface area contributed by atoms with Gasteiger partial charge in [-0.2, -0.15) is 0 Å². The molecule has 0 aromatic carbocycles. The average Bonchev–Trinajstić information content (AvgIpc) is 2.57. The lowest BCUT2D eigenvalue weighted by Gasteiger charge is -2.20. The van der Waals surface area contributed by atoms with E-state index in [1.54, 1.807) is 0 Å². The Bertz CT molecular complexity index is 343. The van der Waals surface area contributed by atoms with E-state index in [1.807, 2.05) is 6.20 Å². The molecule has 2 heterocycles. The highest BCUT2D eigenvalue weighted by atomic mass is 15.3. The second-order valence-electron chi connectivity index (χ2n) is 4.22. The molecule has 1 fully saturated rings. The third kappa shape index (κ3) is 2.50. The molecule has 0 radical (unpaired) electrons. The minimum atomic E-state index is 0.887. The van der Waals surface area contributed by atoms with E-state index in [-0.39, 0.29) is 0 Å². The number of anilines is 1. The molecule has 0 saturated carbocycles. The Hall–Kier alpha value is -1.16. The topological polar surface area (TPSA) is 41.1 Å². The van der Waals surface area contributed by atoms with E-state index in [1.165, 1.54) is 5.56 Å². The Kier molecular flexibility index (Phi) is 3.72. The van der Waals surface area contributed by atoms with Gasteiger partial charge < -0.3 is 10.2 Å². The van der Waals surface area contributed by atoms with Crippen molar-refractivity contribution in [2.75, 3.05) is 31.1 Å². The summed E-state index contributed by atoms with van der Waals surface area (Å²) >= 11 is 0.